The van der Waals surface area contributed by atoms with E-state index in [-0.39, 0.29) is 11.8 Å². The smallest absolute Gasteiger partial charge is 0.406 e. The first-order valence-corrected chi connectivity index (χ1v) is 10.6. The fourth-order valence-corrected chi connectivity index (χ4v) is 3.76. The molecule has 1 aromatic carbocycles. The highest BCUT2D eigenvalue weighted by atomic mass is 32.2. The molecule has 2 heterocycles. The Bertz CT molecular complexity index is 952. The molecule has 3 rings (SSSR count). The Morgan fingerprint density at radius 1 is 1.24 bits per heavy atom. The van der Waals surface area contributed by atoms with Gasteiger partial charge in [0.25, 0.3) is 0 Å². The normalized spacial score (nSPS) is 18.1. The van der Waals surface area contributed by atoms with E-state index in [0.29, 0.717) is 25.4 Å². The lowest BCUT2D eigenvalue weighted by atomic mass is 10.2. The molecule has 158 valence electrons. The van der Waals surface area contributed by atoms with Crippen LogP contribution in [0, 0.1) is 0 Å². The largest absolute Gasteiger partial charge is 0.573 e. The lowest BCUT2D eigenvalue weighted by Gasteiger charge is -2.22. The van der Waals surface area contributed by atoms with Gasteiger partial charge in [0.15, 0.2) is 0 Å². The molecule has 0 bridgehead atoms. The molecule has 0 radical (unpaired) electrons. The quantitative estimate of drug-likeness (QED) is 0.760. The lowest BCUT2D eigenvalue weighted by molar-refractivity contribution is -0.274. The molecule has 1 saturated heterocycles. The van der Waals surface area contributed by atoms with E-state index in [1.165, 1.54) is 18.3 Å². The second-order valence-electron chi connectivity index (χ2n) is 6.91. The number of hydrogen-bond acceptors (Lipinski definition) is 6. The average Bonchev–Trinajstić information content (AvgIpc) is 2.95. The maximum atomic E-state index is 12.3. The van der Waals surface area contributed by atoms with Gasteiger partial charge in [-0.3, -0.25) is 14.6 Å². The van der Waals surface area contributed by atoms with Gasteiger partial charge in [-0.25, -0.2) is 8.42 Å². The van der Waals surface area contributed by atoms with E-state index in [1.807, 2.05) is 11.8 Å². The van der Waals surface area contributed by atoms with E-state index in [9.17, 15) is 21.6 Å². The number of anilines is 2. The van der Waals surface area contributed by atoms with Crippen molar-refractivity contribution in [3.63, 3.8) is 0 Å². The monoisotopic (exact) mass is 430 g/mol. The topological polar surface area (TPSA) is 74.8 Å². The Morgan fingerprint density at radius 3 is 2.55 bits per heavy atom. The van der Waals surface area contributed by atoms with Gasteiger partial charge in [-0.2, -0.15) is 0 Å². The molecule has 0 spiro atoms. The molecule has 29 heavy (non-hydrogen) atoms. The van der Waals surface area contributed by atoms with Gasteiger partial charge in [-0.1, -0.05) is 0 Å². The number of halogens is 3. The van der Waals surface area contributed by atoms with Gasteiger partial charge in [0.2, 0.25) is 10.0 Å². The van der Waals surface area contributed by atoms with Crippen molar-refractivity contribution in [1.29, 1.82) is 0 Å². The van der Waals surface area contributed by atoms with Crippen LogP contribution >= 0.6 is 0 Å². The summed E-state index contributed by atoms with van der Waals surface area (Å²) in [6.07, 6.45) is -0.576. The molecular formula is C18H21F3N4O3S. The van der Waals surface area contributed by atoms with Crippen molar-refractivity contribution < 1.29 is 26.3 Å². The third-order valence-corrected chi connectivity index (χ3v) is 5.07. The van der Waals surface area contributed by atoms with E-state index < -0.39 is 16.4 Å². The highest BCUT2D eigenvalue weighted by Crippen LogP contribution is 2.28. The lowest BCUT2D eigenvalue weighted by Crippen LogP contribution is -2.29. The minimum atomic E-state index is -4.72. The summed E-state index contributed by atoms with van der Waals surface area (Å²) < 4.78 is 66.4. The maximum Gasteiger partial charge on any atom is 0.573 e. The number of rotatable bonds is 6. The van der Waals surface area contributed by atoms with Crippen LogP contribution in [0.2, 0.25) is 0 Å². The standard InChI is InChI=1S/C18H21F3N4O3S/c1-13-10-25(15-3-5-16(6-4-15)28-18(19,20)21)12-24(13)11-14-7-8-22-9-17(14)23-29(2,26)27/h3-9,13,23H,10-12H2,1-2H3. The molecule has 1 fully saturated rings. The van der Waals surface area contributed by atoms with Gasteiger partial charge in [0, 0.05) is 31.0 Å². The fraction of sp³-hybridized carbons (Fsp3) is 0.389. The Kier molecular flexibility index (Phi) is 5.90. The average molecular weight is 430 g/mol. The molecule has 1 N–H and O–H groups in total. The molecule has 11 heteroatoms. The SMILES string of the molecule is CC1CN(c2ccc(OC(F)(F)F)cc2)CN1Cc1ccncc1NS(C)(=O)=O. The number of pyridine rings is 1. The third kappa shape index (κ3) is 5.97. The van der Waals surface area contributed by atoms with Gasteiger partial charge in [-0.15, -0.1) is 13.2 Å². The Hall–Kier alpha value is -2.53. The van der Waals surface area contributed by atoms with Gasteiger partial charge in [0.05, 0.1) is 24.8 Å². The number of hydrogen-bond donors (Lipinski definition) is 1. The van der Waals surface area contributed by atoms with Gasteiger partial charge in [0.1, 0.15) is 5.75 Å². The van der Waals surface area contributed by atoms with Crippen LogP contribution in [0.4, 0.5) is 24.5 Å². The van der Waals surface area contributed by atoms with Crippen LogP contribution in [-0.4, -0.2) is 50.2 Å². The van der Waals surface area contributed by atoms with E-state index in [2.05, 4.69) is 19.3 Å². The van der Waals surface area contributed by atoms with Crippen molar-refractivity contribution in [3.05, 3.63) is 48.3 Å². The summed E-state index contributed by atoms with van der Waals surface area (Å²) in [4.78, 5) is 8.15. The highest BCUT2D eigenvalue weighted by Gasteiger charge is 2.31. The number of ether oxygens (including phenoxy) is 1. The Labute approximate surface area is 167 Å². The molecule has 1 aliphatic rings. The number of benzene rings is 1. The van der Waals surface area contributed by atoms with E-state index in [4.69, 9.17) is 0 Å². The Balaban J connectivity index is 1.69. The van der Waals surface area contributed by atoms with Crippen LogP contribution in [0.25, 0.3) is 0 Å². The van der Waals surface area contributed by atoms with Crippen molar-refractivity contribution in [2.24, 2.45) is 0 Å². The first-order valence-electron chi connectivity index (χ1n) is 8.76. The zero-order valence-corrected chi connectivity index (χ0v) is 16.7. The zero-order chi connectivity index (χ0) is 21.2. The summed E-state index contributed by atoms with van der Waals surface area (Å²) in [7, 11) is -3.43. The fourth-order valence-electron chi connectivity index (χ4n) is 3.17. The summed E-state index contributed by atoms with van der Waals surface area (Å²) >= 11 is 0. The van der Waals surface area contributed by atoms with E-state index >= 15 is 0 Å². The predicted octanol–water partition coefficient (Wildman–Crippen LogP) is 3.02. The van der Waals surface area contributed by atoms with Crippen molar-refractivity contribution >= 4 is 21.4 Å². The second kappa shape index (κ2) is 8.07. The molecular weight excluding hydrogens is 409 g/mol. The van der Waals surface area contributed by atoms with Crippen LogP contribution in [0.3, 0.4) is 0 Å². The maximum absolute atomic E-state index is 12.3. The zero-order valence-electron chi connectivity index (χ0n) is 15.8. The molecule has 1 aliphatic heterocycles. The summed E-state index contributed by atoms with van der Waals surface area (Å²) in [5, 5.41) is 0. The summed E-state index contributed by atoms with van der Waals surface area (Å²) in [5.41, 5.74) is 1.99. The number of aromatic nitrogens is 1. The first kappa shape index (κ1) is 21.2. The van der Waals surface area contributed by atoms with Gasteiger partial charge in [-0.05, 0) is 42.8 Å². The Morgan fingerprint density at radius 2 is 1.93 bits per heavy atom. The molecule has 0 saturated carbocycles. The van der Waals surface area contributed by atoms with Crippen LogP contribution in [0.1, 0.15) is 12.5 Å². The molecule has 2 aromatic rings. The van der Waals surface area contributed by atoms with Gasteiger partial charge < -0.3 is 9.64 Å². The minimum Gasteiger partial charge on any atom is -0.406 e. The molecule has 1 unspecified atom stereocenters. The van der Waals surface area contributed by atoms with Crippen LogP contribution in [0.15, 0.2) is 42.7 Å². The van der Waals surface area contributed by atoms with Crippen LogP contribution in [0.5, 0.6) is 5.75 Å². The summed E-state index contributed by atoms with van der Waals surface area (Å²) in [6, 6.07) is 7.65. The molecule has 0 aliphatic carbocycles. The molecule has 1 atom stereocenters. The van der Waals surface area contributed by atoms with Crippen molar-refractivity contribution in [1.82, 2.24) is 9.88 Å². The van der Waals surface area contributed by atoms with Crippen molar-refractivity contribution in [2.45, 2.75) is 25.9 Å². The highest BCUT2D eigenvalue weighted by molar-refractivity contribution is 7.92. The molecule has 7 nitrogen and oxygen atoms in total. The number of nitrogens with zero attached hydrogens (tertiary/aromatic N) is 3. The number of nitrogens with one attached hydrogen (secondary N) is 1. The number of sulfonamides is 1. The van der Waals surface area contributed by atoms with E-state index in [0.717, 1.165) is 17.5 Å². The number of alkyl halides is 3. The summed E-state index contributed by atoms with van der Waals surface area (Å²) in [5.74, 6) is -0.265. The third-order valence-electron chi connectivity index (χ3n) is 4.48. The van der Waals surface area contributed by atoms with Gasteiger partial charge >= 0.3 is 6.36 Å². The van der Waals surface area contributed by atoms with Crippen molar-refractivity contribution in [2.75, 3.05) is 29.1 Å². The van der Waals surface area contributed by atoms with E-state index in [1.54, 1.807) is 24.4 Å². The minimum absolute atomic E-state index is 0.153. The predicted molar refractivity (Wildman–Crippen MR) is 103 cm³/mol. The first-order chi connectivity index (χ1) is 13.5. The van der Waals surface area contributed by atoms with Crippen molar-refractivity contribution in [3.8, 4) is 5.75 Å². The van der Waals surface area contributed by atoms with Crippen LogP contribution in [-0.2, 0) is 16.6 Å². The summed E-state index contributed by atoms with van der Waals surface area (Å²) in [6.45, 7) is 3.75. The molecule has 0 amide bonds. The molecule has 1 aromatic heterocycles. The second-order valence-corrected chi connectivity index (χ2v) is 8.66. The van der Waals surface area contributed by atoms with Crippen LogP contribution < -0.4 is 14.4 Å².